The number of aryl methyl sites for hydroxylation is 4. The van der Waals surface area contributed by atoms with E-state index in [4.69, 9.17) is 20.8 Å². The van der Waals surface area contributed by atoms with E-state index >= 15 is 0 Å². The molecule has 0 saturated carbocycles. The number of para-hydroxylation sites is 1. The summed E-state index contributed by atoms with van der Waals surface area (Å²) in [7, 11) is 6.27. The van der Waals surface area contributed by atoms with Gasteiger partial charge in [-0.15, -0.1) is 41.0 Å². The molecule has 1 amide bonds. The normalized spacial score (nSPS) is 10.5. The number of thioether (sulfide) groups is 2. The Kier molecular flexibility index (Phi) is 62.7. The minimum Gasteiger partial charge on any atom is -0.494 e. The van der Waals surface area contributed by atoms with E-state index in [0.717, 1.165) is 85.1 Å². The number of anilines is 3. The zero-order valence-corrected chi connectivity index (χ0v) is 68.1. The van der Waals surface area contributed by atoms with Gasteiger partial charge in [0.15, 0.2) is 0 Å². The second kappa shape index (κ2) is 66.6. The second-order valence-electron chi connectivity index (χ2n) is 27.1. The number of aliphatic carboxylic acids is 1. The van der Waals surface area contributed by atoms with Crippen LogP contribution in [0.4, 0.5) is 17.1 Å². The number of aromatic nitrogens is 3. The van der Waals surface area contributed by atoms with Crippen LogP contribution in [0.25, 0.3) is 11.0 Å². The van der Waals surface area contributed by atoms with Gasteiger partial charge in [-0.1, -0.05) is 248 Å². The van der Waals surface area contributed by atoms with Crippen LogP contribution in [0, 0.1) is 13.8 Å². The molecule has 0 aliphatic rings. The number of rotatable bonds is 50. The zero-order chi connectivity index (χ0) is 73.6. The Hall–Kier alpha value is -6.07. The Morgan fingerprint density at radius 3 is 1.48 bits per heavy atom. The van der Waals surface area contributed by atoms with Gasteiger partial charge in [0.25, 0.3) is 0 Å². The molecule has 0 spiro atoms. The number of amides is 1. The van der Waals surface area contributed by atoms with Crippen LogP contribution in [0.2, 0.25) is 0 Å². The van der Waals surface area contributed by atoms with Crippen molar-refractivity contribution >= 4 is 81.9 Å². The Bertz CT molecular complexity index is 3050. The molecule has 0 saturated heterocycles. The lowest BCUT2D eigenvalue weighted by atomic mass is 10.0. The number of fused-ring (bicyclic) bond motifs is 1. The number of ether oxygens (including phenoxy) is 1. The number of nitrogens with two attached hydrogens (primary N) is 1. The molecule has 6 rings (SSSR count). The van der Waals surface area contributed by atoms with Gasteiger partial charge in [-0.25, -0.2) is 9.98 Å². The van der Waals surface area contributed by atoms with Crippen LogP contribution < -0.4 is 20.7 Å². The Morgan fingerprint density at radius 1 is 0.563 bits per heavy atom. The third kappa shape index (κ3) is 52.5. The predicted molar refractivity (Wildman–Crippen MR) is 448 cm³/mol. The number of carbonyl (C=O) groups excluding carboxylic acids is 1. The molecule has 0 radical (unpaired) electrons. The van der Waals surface area contributed by atoms with Crippen molar-refractivity contribution in [3.05, 3.63) is 131 Å². The number of unbranched alkanes of at least 4 members (excludes halogenated alkanes) is 30. The van der Waals surface area contributed by atoms with Gasteiger partial charge in [-0.2, -0.15) is 0 Å². The molecule has 0 atom stereocenters. The van der Waals surface area contributed by atoms with E-state index in [1.54, 1.807) is 35.7 Å². The van der Waals surface area contributed by atoms with Crippen molar-refractivity contribution in [1.29, 1.82) is 0 Å². The van der Waals surface area contributed by atoms with Gasteiger partial charge in [0.05, 0.1) is 19.2 Å². The summed E-state index contributed by atoms with van der Waals surface area (Å²) in [5.74, 6) is 0.244. The Labute approximate surface area is 639 Å². The van der Waals surface area contributed by atoms with E-state index in [2.05, 4.69) is 151 Å². The van der Waals surface area contributed by atoms with E-state index in [9.17, 15) is 9.59 Å². The highest BCUT2D eigenvalue weighted by molar-refractivity contribution is 7.98. The number of hydrogen-bond donors (Lipinski definition) is 4. The number of nitrogens with one attached hydrogen (secondary N) is 1. The van der Waals surface area contributed by atoms with Crippen LogP contribution in [0.5, 0.6) is 5.75 Å². The molecule has 0 unspecified atom stereocenters. The van der Waals surface area contributed by atoms with Crippen molar-refractivity contribution in [2.45, 2.75) is 282 Å². The first kappa shape index (κ1) is 96.9. The summed E-state index contributed by atoms with van der Waals surface area (Å²) in [6, 6.07) is 38.4. The number of carboxylic acid groups (broad SMARTS) is 1. The van der Waals surface area contributed by atoms with Crippen LogP contribution in [-0.2, 0) is 22.4 Å². The summed E-state index contributed by atoms with van der Waals surface area (Å²) >= 11 is 3.47. The predicted octanol–water partition coefficient (Wildman–Crippen LogP) is 23.0. The van der Waals surface area contributed by atoms with E-state index in [1.165, 1.54) is 226 Å². The van der Waals surface area contributed by atoms with Gasteiger partial charge in [-0.3, -0.25) is 9.59 Å². The molecular weight excluding hydrogens is 1340 g/mol. The summed E-state index contributed by atoms with van der Waals surface area (Å²) in [4.78, 5) is 38.6. The van der Waals surface area contributed by atoms with Crippen molar-refractivity contribution < 1.29 is 30.1 Å². The summed E-state index contributed by atoms with van der Waals surface area (Å²) < 4.78 is 5.93. The van der Waals surface area contributed by atoms with Gasteiger partial charge < -0.3 is 41.4 Å². The number of hydrogen-bond acceptors (Lipinski definition) is 13. The molecule has 1 heterocycles. The largest absolute Gasteiger partial charge is 0.494 e. The monoisotopic (exact) mass is 1480 g/mol. The topological polar surface area (TPSA) is 215 Å². The van der Waals surface area contributed by atoms with Gasteiger partial charge in [0.2, 0.25) is 5.91 Å². The standard InChI is InChI=1S/C35H55NO2S.C28H49NO2.C8H17N3.C8H11NS.C6H5N3O.ClH.H2O/c1-4-5-6-7-8-9-10-11-12-13-14-15-16-17-18-19-28-38-33-24-20-31(21-25-33)22-27-35(37)36-32-23-26-34(39-3)30(2)29-32;1-3-4-5-6-7-8-9-10-11-12-13-14-15-16-17-18-25-29(2)27-22-19-26(20-23-27)21-24-28(30)31;1-4-9-8-10-6-5-7-11(2)3;1-6-5-7(9)3-4-8(6)10-2;10-9-6-4-2-1-3-5(6)7-8-9;;/h20-21,23-26,29H,4-19,22,27-28H2,1-3H3,(H,36,37);19-20,22-23H,3-18,21,24-25H2,1-2H3,(H,30,31);4-7H2,1-3H3;3-5H,9H2,1-2H3;1-4,10H;1H;1H2. The van der Waals surface area contributed by atoms with Crippen LogP contribution in [-0.4, -0.2) is 120 Å². The van der Waals surface area contributed by atoms with E-state index in [1.807, 2.05) is 55.5 Å². The SMILES string of the molecule is CCCCCCCCCCCCCCCCCCN(C)c1ccc(CCC(=O)O)cc1.CCCCCCCCCCCCCCCCCCOc1ccc(CCC(=O)Nc2ccc(SC)c(C)c2)cc1.CCN=C=NCCCN(C)C.CSc1ccc(N)cc1C.Cl.O.On1nnc2ccccc21. The number of benzene rings is 5. The third-order valence-electron chi connectivity index (χ3n) is 17.8. The van der Waals surface area contributed by atoms with Gasteiger partial charge in [0.1, 0.15) is 16.8 Å². The van der Waals surface area contributed by atoms with Crippen molar-refractivity contribution in [2.75, 3.05) is 82.4 Å². The highest BCUT2D eigenvalue weighted by Crippen LogP contribution is 2.25. The fourth-order valence-corrected chi connectivity index (χ4v) is 12.8. The third-order valence-corrected chi connectivity index (χ3v) is 19.6. The van der Waals surface area contributed by atoms with Crippen molar-refractivity contribution in [3.8, 4) is 5.75 Å². The van der Waals surface area contributed by atoms with E-state index < -0.39 is 5.97 Å². The molecule has 0 bridgehead atoms. The van der Waals surface area contributed by atoms with Crippen molar-refractivity contribution in [2.24, 2.45) is 9.98 Å². The number of aliphatic imine (C=N–C) groups is 2. The fourth-order valence-electron chi connectivity index (χ4n) is 11.6. The minimum atomic E-state index is -0.732. The molecule has 0 fully saturated rings. The Morgan fingerprint density at radius 2 is 1.02 bits per heavy atom. The zero-order valence-electron chi connectivity index (χ0n) is 65.6. The summed E-state index contributed by atoms with van der Waals surface area (Å²) in [6.07, 6.45) is 51.9. The summed E-state index contributed by atoms with van der Waals surface area (Å²) in [6.45, 7) is 15.3. The highest BCUT2D eigenvalue weighted by Gasteiger charge is 2.08. The van der Waals surface area contributed by atoms with E-state index in [0.29, 0.717) is 23.9 Å². The molecule has 103 heavy (non-hydrogen) atoms. The maximum Gasteiger partial charge on any atom is 0.303 e. The quantitative estimate of drug-likeness (QED) is 0.00923. The minimum absolute atomic E-state index is 0. The van der Waals surface area contributed by atoms with Crippen molar-refractivity contribution in [3.63, 3.8) is 0 Å². The molecule has 18 heteroatoms. The number of nitrogens with zero attached hydrogens (tertiary/aromatic N) is 7. The molecule has 5 aromatic carbocycles. The average molecular weight is 1480 g/mol. The first-order valence-corrected chi connectivity index (χ1v) is 41.4. The van der Waals surface area contributed by atoms with Crippen LogP contribution >= 0.6 is 35.9 Å². The molecule has 0 aliphatic heterocycles. The maximum absolute atomic E-state index is 12.4. The first-order valence-electron chi connectivity index (χ1n) is 38.9. The van der Waals surface area contributed by atoms with Gasteiger partial charge in [-0.05, 0) is 186 Å². The number of carboxylic acids is 1. The van der Waals surface area contributed by atoms with E-state index in [-0.39, 0.29) is 30.2 Å². The average Bonchev–Trinajstić information content (AvgIpc) is 1.80. The van der Waals surface area contributed by atoms with Crippen LogP contribution in [0.15, 0.2) is 129 Å². The molecule has 15 nitrogen and oxygen atoms in total. The van der Waals surface area contributed by atoms with Gasteiger partial charge in [0, 0.05) is 59.8 Å². The smallest absolute Gasteiger partial charge is 0.303 e. The fraction of sp³-hybridized carbons (Fsp3) is 0.612. The maximum atomic E-state index is 12.4. The molecule has 7 N–H and O–H groups in total. The number of carbonyl (C=O) groups is 2. The second-order valence-corrected chi connectivity index (χ2v) is 28.8. The lowest BCUT2D eigenvalue weighted by Gasteiger charge is -2.19. The molecule has 6 aromatic rings. The first-order chi connectivity index (χ1) is 49.1. The molecule has 580 valence electrons. The lowest BCUT2D eigenvalue weighted by Crippen LogP contribution is -2.18. The molecule has 1 aromatic heterocycles. The van der Waals surface area contributed by atoms with Crippen LogP contribution in [0.1, 0.15) is 268 Å². The molecular formula is C85H140ClN9O6S2. The van der Waals surface area contributed by atoms with Crippen LogP contribution in [0.3, 0.4) is 0 Å². The van der Waals surface area contributed by atoms with Gasteiger partial charge >= 0.3 is 5.97 Å². The number of halogens is 1. The lowest BCUT2D eigenvalue weighted by molar-refractivity contribution is -0.137. The molecule has 0 aliphatic carbocycles. The summed E-state index contributed by atoms with van der Waals surface area (Å²) in [5, 5.41) is 27.8. The van der Waals surface area contributed by atoms with Crippen molar-refractivity contribution in [1.82, 2.24) is 20.1 Å². The highest BCUT2D eigenvalue weighted by atomic mass is 35.5. The summed E-state index contributed by atoms with van der Waals surface area (Å²) in [5.41, 5.74) is 14.5. The Balaban J connectivity index is 0.00000142. The number of nitrogen functional groups attached to an aromatic ring is 1.